The molecule has 0 unspecified atom stereocenters. The van der Waals surface area contributed by atoms with Crippen molar-refractivity contribution in [2.75, 3.05) is 6.61 Å². The van der Waals surface area contributed by atoms with Gasteiger partial charge >= 0.3 is 0 Å². The second kappa shape index (κ2) is 4.28. The Labute approximate surface area is 83.5 Å². The van der Waals surface area contributed by atoms with Gasteiger partial charge in [-0.1, -0.05) is 12.2 Å². The van der Waals surface area contributed by atoms with Crippen LogP contribution in [-0.4, -0.2) is 11.6 Å². The maximum atomic E-state index is 12.6. The molecule has 0 amide bonds. The molecule has 0 aliphatic heterocycles. The van der Waals surface area contributed by atoms with E-state index < -0.39 is 17.5 Å². The van der Waals surface area contributed by atoms with E-state index in [0.29, 0.717) is 0 Å². The van der Waals surface area contributed by atoms with Gasteiger partial charge in [-0.25, -0.2) is 13.2 Å². The number of benzene rings is 1. The minimum absolute atomic E-state index is 0.0372. The van der Waals surface area contributed by atoms with Gasteiger partial charge in [0.2, 0.25) is 0 Å². The quantitative estimate of drug-likeness (QED) is 0.624. The molecular weight excluding hydrogens is 215 g/mol. The van der Waals surface area contributed by atoms with E-state index in [1.165, 1.54) is 0 Å². The first-order valence-electron chi connectivity index (χ1n) is 3.56. The van der Waals surface area contributed by atoms with Gasteiger partial charge in [-0.3, -0.25) is 0 Å². The molecule has 1 aromatic carbocycles. The fraction of sp³-hybridized carbons (Fsp3) is 0.125. The van der Waals surface area contributed by atoms with E-state index in [1.54, 1.807) is 0 Å². The van der Waals surface area contributed by atoms with Crippen LogP contribution in [0.15, 0.2) is 12.1 Å². The lowest BCUT2D eigenvalue weighted by Crippen LogP contribution is -2.18. The van der Waals surface area contributed by atoms with Gasteiger partial charge in [0.05, 0.1) is 0 Å². The molecule has 0 atom stereocenters. The van der Waals surface area contributed by atoms with Crippen LogP contribution in [0.2, 0.25) is 0 Å². The van der Waals surface area contributed by atoms with E-state index in [1.807, 2.05) is 0 Å². The van der Waals surface area contributed by atoms with Gasteiger partial charge < -0.3 is 10.5 Å². The van der Waals surface area contributed by atoms with Gasteiger partial charge in [-0.15, -0.1) is 0 Å². The normalized spacial score (nSPS) is 9.93. The van der Waals surface area contributed by atoms with Crippen molar-refractivity contribution in [1.82, 2.24) is 0 Å². The van der Waals surface area contributed by atoms with Crippen molar-refractivity contribution < 1.29 is 17.9 Å². The third kappa shape index (κ3) is 2.59. The van der Waals surface area contributed by atoms with Crippen LogP contribution in [0.5, 0.6) is 5.75 Å². The van der Waals surface area contributed by atoms with E-state index in [4.69, 9.17) is 10.5 Å². The molecular formula is C8H6F3NOS. The first-order chi connectivity index (χ1) is 6.50. The van der Waals surface area contributed by atoms with Gasteiger partial charge in [-0.05, 0) is 0 Å². The zero-order chi connectivity index (χ0) is 10.7. The summed E-state index contributed by atoms with van der Waals surface area (Å²) in [6.45, 7) is -0.153. The van der Waals surface area contributed by atoms with Gasteiger partial charge in [-0.2, -0.15) is 0 Å². The van der Waals surface area contributed by atoms with Crippen LogP contribution in [0.25, 0.3) is 0 Å². The van der Waals surface area contributed by atoms with E-state index in [2.05, 4.69) is 12.2 Å². The molecule has 0 saturated carbocycles. The van der Waals surface area contributed by atoms with Crippen molar-refractivity contribution in [2.24, 2.45) is 5.73 Å². The minimum atomic E-state index is -1.53. The van der Waals surface area contributed by atoms with E-state index >= 15 is 0 Å². The van der Waals surface area contributed by atoms with Gasteiger partial charge in [0, 0.05) is 12.1 Å². The largest absolute Gasteiger partial charge is 0.486 e. The smallest absolute Gasteiger partial charge is 0.194 e. The maximum Gasteiger partial charge on any atom is 0.194 e. The topological polar surface area (TPSA) is 35.2 Å². The Bertz CT molecular complexity index is 347. The molecule has 1 aromatic rings. The Hall–Kier alpha value is -1.30. The second-order valence-electron chi connectivity index (χ2n) is 2.46. The summed E-state index contributed by atoms with van der Waals surface area (Å²) in [7, 11) is 0. The second-order valence-corrected chi connectivity index (χ2v) is 2.98. The predicted octanol–water partition coefficient (Wildman–Crippen LogP) is 1.77. The number of hydrogen-bond acceptors (Lipinski definition) is 2. The molecule has 1 rings (SSSR count). The van der Waals surface area contributed by atoms with Crippen LogP contribution in [-0.2, 0) is 0 Å². The Kier molecular flexibility index (Phi) is 3.29. The van der Waals surface area contributed by atoms with Crippen LogP contribution in [0.3, 0.4) is 0 Å². The third-order valence-corrected chi connectivity index (χ3v) is 1.46. The first kappa shape index (κ1) is 10.8. The van der Waals surface area contributed by atoms with E-state index in [9.17, 15) is 13.2 Å². The Morgan fingerprint density at radius 3 is 2.21 bits per heavy atom. The molecule has 0 aromatic heterocycles. The van der Waals surface area contributed by atoms with Gasteiger partial charge in [0.15, 0.2) is 17.5 Å². The lowest BCUT2D eigenvalue weighted by molar-refractivity contribution is 0.363. The van der Waals surface area contributed by atoms with Crippen LogP contribution in [0, 0.1) is 17.5 Å². The molecule has 6 heteroatoms. The molecule has 0 fully saturated rings. The Balaban J connectivity index is 2.84. The molecule has 0 heterocycles. The highest BCUT2D eigenvalue weighted by Gasteiger charge is 2.11. The molecule has 0 aliphatic rings. The number of hydrogen-bond donors (Lipinski definition) is 1. The van der Waals surface area contributed by atoms with Crippen LogP contribution < -0.4 is 10.5 Å². The summed E-state index contributed by atoms with van der Waals surface area (Å²) in [6, 6.07) is 1.44. The molecule has 14 heavy (non-hydrogen) atoms. The fourth-order valence-corrected chi connectivity index (χ4v) is 0.829. The summed E-state index contributed by atoms with van der Waals surface area (Å²) in [5.74, 6) is -4.33. The highest BCUT2D eigenvalue weighted by Crippen LogP contribution is 2.18. The third-order valence-electron chi connectivity index (χ3n) is 1.34. The molecule has 0 radical (unpaired) electrons. The summed E-state index contributed by atoms with van der Waals surface area (Å²) >= 11 is 4.48. The minimum Gasteiger partial charge on any atom is -0.486 e. The summed E-state index contributed by atoms with van der Waals surface area (Å²) in [6.07, 6.45) is 0. The number of nitrogens with two attached hydrogens (primary N) is 1. The first-order valence-corrected chi connectivity index (χ1v) is 3.97. The molecule has 0 saturated heterocycles. The van der Waals surface area contributed by atoms with Crippen molar-refractivity contribution >= 4 is 17.2 Å². The van der Waals surface area contributed by atoms with Crippen molar-refractivity contribution in [1.29, 1.82) is 0 Å². The lowest BCUT2D eigenvalue weighted by atomic mass is 10.3. The van der Waals surface area contributed by atoms with E-state index in [-0.39, 0.29) is 17.3 Å². The molecule has 2 nitrogen and oxygen atoms in total. The molecule has 2 N–H and O–H groups in total. The van der Waals surface area contributed by atoms with Gasteiger partial charge in [0.1, 0.15) is 17.3 Å². The zero-order valence-electron chi connectivity index (χ0n) is 6.89. The zero-order valence-corrected chi connectivity index (χ0v) is 7.71. The standard InChI is InChI=1S/C8H6F3NOS/c9-5-1-4(13-3-7(12)14)2-6(10)8(5)11/h1-2H,3H2,(H2,12,14). The highest BCUT2D eigenvalue weighted by atomic mass is 32.1. The van der Waals surface area contributed by atoms with Gasteiger partial charge in [0.25, 0.3) is 0 Å². The monoisotopic (exact) mass is 221 g/mol. The maximum absolute atomic E-state index is 12.6. The Morgan fingerprint density at radius 2 is 1.79 bits per heavy atom. The summed E-state index contributed by atoms with van der Waals surface area (Å²) in [5.41, 5.74) is 5.09. The average molecular weight is 221 g/mol. The van der Waals surface area contributed by atoms with Crippen LogP contribution in [0.1, 0.15) is 0 Å². The average Bonchev–Trinajstić information content (AvgIpc) is 2.10. The van der Waals surface area contributed by atoms with E-state index in [0.717, 1.165) is 12.1 Å². The summed E-state index contributed by atoms with van der Waals surface area (Å²) in [5, 5.41) is 0. The van der Waals surface area contributed by atoms with Crippen molar-refractivity contribution in [3.05, 3.63) is 29.6 Å². The molecule has 0 bridgehead atoms. The van der Waals surface area contributed by atoms with Crippen LogP contribution in [0.4, 0.5) is 13.2 Å². The molecule has 76 valence electrons. The molecule has 0 spiro atoms. The SMILES string of the molecule is NC(=S)COc1cc(F)c(F)c(F)c1. The summed E-state index contributed by atoms with van der Waals surface area (Å²) in [4.78, 5) is 0.0372. The fourth-order valence-electron chi connectivity index (χ4n) is 0.770. The van der Waals surface area contributed by atoms with Crippen LogP contribution >= 0.6 is 12.2 Å². The van der Waals surface area contributed by atoms with Crippen molar-refractivity contribution in [3.8, 4) is 5.75 Å². The lowest BCUT2D eigenvalue weighted by Gasteiger charge is -2.05. The number of ether oxygens (including phenoxy) is 1. The van der Waals surface area contributed by atoms with Crippen molar-refractivity contribution in [3.63, 3.8) is 0 Å². The Morgan fingerprint density at radius 1 is 1.29 bits per heavy atom. The number of rotatable bonds is 3. The predicted molar refractivity (Wildman–Crippen MR) is 48.6 cm³/mol. The summed E-state index contributed by atoms with van der Waals surface area (Å²) < 4.78 is 42.4. The highest BCUT2D eigenvalue weighted by molar-refractivity contribution is 7.80. The number of halogens is 3. The molecule has 0 aliphatic carbocycles. The number of thiocarbonyl (C=S) groups is 1. The van der Waals surface area contributed by atoms with Crippen molar-refractivity contribution in [2.45, 2.75) is 0 Å².